The first kappa shape index (κ1) is 17.4. The first-order valence-electron chi connectivity index (χ1n) is 9.36. The minimum absolute atomic E-state index is 0.787. The van der Waals surface area contributed by atoms with Gasteiger partial charge in [-0.2, -0.15) is 0 Å². The van der Waals surface area contributed by atoms with Crippen LogP contribution in [-0.4, -0.2) is 9.97 Å². The van der Waals surface area contributed by atoms with E-state index in [1.54, 1.807) is 0 Å². The van der Waals surface area contributed by atoms with Crippen molar-refractivity contribution in [1.29, 1.82) is 0 Å². The Kier molecular flexibility index (Phi) is 4.27. The molecular formula is C25H24N2. The summed E-state index contributed by atoms with van der Waals surface area (Å²) < 4.78 is 0. The van der Waals surface area contributed by atoms with E-state index < -0.39 is 0 Å². The highest BCUT2D eigenvalue weighted by Gasteiger charge is 2.15. The molecule has 2 heteroatoms. The van der Waals surface area contributed by atoms with Crippen LogP contribution in [0.1, 0.15) is 27.8 Å². The Bertz CT molecular complexity index is 1130. The van der Waals surface area contributed by atoms with Gasteiger partial charge in [-0.15, -0.1) is 0 Å². The smallest absolute Gasteiger partial charge is 0.160 e. The number of benzene rings is 3. The minimum atomic E-state index is 0.787. The molecule has 0 aliphatic carbocycles. The van der Waals surface area contributed by atoms with Crippen molar-refractivity contribution in [1.82, 2.24) is 9.97 Å². The molecule has 134 valence electrons. The van der Waals surface area contributed by atoms with Crippen molar-refractivity contribution in [3.8, 4) is 22.6 Å². The van der Waals surface area contributed by atoms with Gasteiger partial charge in [0.05, 0.1) is 11.2 Å². The number of aromatic nitrogens is 2. The lowest BCUT2D eigenvalue weighted by Crippen LogP contribution is -1.99. The third kappa shape index (κ3) is 3.23. The van der Waals surface area contributed by atoms with Crippen molar-refractivity contribution in [2.45, 2.75) is 34.6 Å². The summed E-state index contributed by atoms with van der Waals surface area (Å²) in [6.45, 7) is 10.7. The molecule has 0 saturated heterocycles. The summed E-state index contributed by atoms with van der Waals surface area (Å²) in [5, 5.41) is 1.10. The zero-order valence-corrected chi connectivity index (χ0v) is 16.6. The van der Waals surface area contributed by atoms with E-state index in [0.717, 1.165) is 28.0 Å². The van der Waals surface area contributed by atoms with E-state index >= 15 is 0 Å². The Morgan fingerprint density at radius 1 is 0.630 bits per heavy atom. The normalized spacial score (nSPS) is 11.1. The van der Waals surface area contributed by atoms with Gasteiger partial charge in [-0.1, -0.05) is 53.1 Å². The van der Waals surface area contributed by atoms with Crippen LogP contribution in [0.25, 0.3) is 33.5 Å². The maximum Gasteiger partial charge on any atom is 0.160 e. The van der Waals surface area contributed by atoms with Crippen LogP contribution in [0.3, 0.4) is 0 Å². The third-order valence-electron chi connectivity index (χ3n) is 5.00. The Morgan fingerprint density at radius 3 is 1.89 bits per heavy atom. The van der Waals surface area contributed by atoms with E-state index in [1.165, 1.54) is 33.4 Å². The van der Waals surface area contributed by atoms with Crippen LogP contribution in [0.5, 0.6) is 0 Å². The molecule has 0 aliphatic rings. The highest BCUT2D eigenvalue weighted by Crippen LogP contribution is 2.34. The van der Waals surface area contributed by atoms with Gasteiger partial charge in [-0.05, 0) is 63.9 Å². The fourth-order valence-corrected chi connectivity index (χ4v) is 4.05. The van der Waals surface area contributed by atoms with Crippen LogP contribution in [0.15, 0.2) is 54.6 Å². The molecule has 0 unspecified atom stereocenters. The summed E-state index contributed by atoms with van der Waals surface area (Å²) in [6, 6.07) is 19.3. The maximum absolute atomic E-state index is 5.06. The predicted molar refractivity (Wildman–Crippen MR) is 114 cm³/mol. The minimum Gasteiger partial charge on any atom is -0.228 e. The van der Waals surface area contributed by atoms with E-state index in [2.05, 4.69) is 83.1 Å². The van der Waals surface area contributed by atoms with E-state index in [4.69, 9.17) is 9.97 Å². The summed E-state index contributed by atoms with van der Waals surface area (Å²) in [6.07, 6.45) is 0. The summed E-state index contributed by atoms with van der Waals surface area (Å²) in [5.41, 5.74) is 10.5. The van der Waals surface area contributed by atoms with Gasteiger partial charge in [-0.25, -0.2) is 9.97 Å². The predicted octanol–water partition coefficient (Wildman–Crippen LogP) is 6.51. The number of para-hydroxylation sites is 1. The molecule has 0 atom stereocenters. The van der Waals surface area contributed by atoms with Gasteiger partial charge in [0, 0.05) is 16.5 Å². The van der Waals surface area contributed by atoms with Gasteiger partial charge in [0.1, 0.15) is 0 Å². The number of rotatable bonds is 2. The van der Waals surface area contributed by atoms with Crippen LogP contribution in [0.4, 0.5) is 0 Å². The molecule has 1 aromatic heterocycles. The zero-order valence-electron chi connectivity index (χ0n) is 16.6. The molecule has 1 heterocycles. The Labute approximate surface area is 160 Å². The highest BCUT2D eigenvalue weighted by molar-refractivity contribution is 5.95. The average molecular weight is 352 g/mol. The van der Waals surface area contributed by atoms with Crippen molar-refractivity contribution in [3.05, 3.63) is 82.4 Å². The second-order valence-corrected chi connectivity index (χ2v) is 7.56. The van der Waals surface area contributed by atoms with Crippen molar-refractivity contribution in [2.24, 2.45) is 0 Å². The molecule has 0 fully saturated rings. The molecule has 0 radical (unpaired) electrons. The second-order valence-electron chi connectivity index (χ2n) is 7.56. The van der Waals surface area contributed by atoms with Crippen molar-refractivity contribution < 1.29 is 0 Å². The number of hydrogen-bond acceptors (Lipinski definition) is 2. The van der Waals surface area contributed by atoms with E-state index in [-0.39, 0.29) is 0 Å². The third-order valence-corrected chi connectivity index (χ3v) is 5.00. The van der Waals surface area contributed by atoms with Crippen LogP contribution in [0.2, 0.25) is 0 Å². The van der Waals surface area contributed by atoms with E-state index in [9.17, 15) is 0 Å². The Morgan fingerprint density at radius 2 is 1.22 bits per heavy atom. The summed E-state index contributed by atoms with van der Waals surface area (Å²) in [4.78, 5) is 9.94. The monoisotopic (exact) mass is 352 g/mol. The van der Waals surface area contributed by atoms with Gasteiger partial charge in [0.2, 0.25) is 0 Å². The molecule has 0 N–H and O–H groups in total. The van der Waals surface area contributed by atoms with Gasteiger partial charge in [-0.3, -0.25) is 0 Å². The first-order chi connectivity index (χ1) is 12.9. The van der Waals surface area contributed by atoms with Gasteiger partial charge in [0.15, 0.2) is 5.82 Å². The van der Waals surface area contributed by atoms with Gasteiger partial charge >= 0.3 is 0 Å². The quantitative estimate of drug-likeness (QED) is 0.411. The molecule has 0 amide bonds. The summed E-state index contributed by atoms with van der Waals surface area (Å²) in [7, 11) is 0. The molecule has 4 rings (SSSR count). The molecule has 0 aliphatic heterocycles. The van der Waals surface area contributed by atoms with Gasteiger partial charge < -0.3 is 0 Å². The Balaban J connectivity index is 2.06. The Hall–Kier alpha value is -3.00. The van der Waals surface area contributed by atoms with E-state index in [0.29, 0.717) is 0 Å². The SMILES string of the molecule is Cc1cc(C)cc(-c2nc(-c3c(C)cc(C)cc3C)c3ccccc3n2)c1. The molecule has 4 aromatic rings. The second kappa shape index (κ2) is 6.62. The topological polar surface area (TPSA) is 25.8 Å². The van der Waals surface area contributed by atoms with E-state index in [1.807, 2.05) is 6.07 Å². The summed E-state index contributed by atoms with van der Waals surface area (Å²) in [5.74, 6) is 0.787. The van der Waals surface area contributed by atoms with Crippen molar-refractivity contribution in [2.75, 3.05) is 0 Å². The average Bonchev–Trinajstić information content (AvgIpc) is 2.60. The first-order valence-corrected chi connectivity index (χ1v) is 9.36. The molecule has 27 heavy (non-hydrogen) atoms. The number of nitrogens with zero attached hydrogens (tertiary/aromatic N) is 2. The lowest BCUT2D eigenvalue weighted by atomic mass is 9.95. The fourth-order valence-electron chi connectivity index (χ4n) is 4.05. The van der Waals surface area contributed by atoms with Crippen LogP contribution in [-0.2, 0) is 0 Å². The number of fused-ring (bicyclic) bond motifs is 1. The highest BCUT2D eigenvalue weighted by atomic mass is 14.9. The molecule has 3 aromatic carbocycles. The molecule has 0 saturated carbocycles. The molecule has 0 bridgehead atoms. The maximum atomic E-state index is 5.06. The van der Waals surface area contributed by atoms with Gasteiger partial charge in [0.25, 0.3) is 0 Å². The number of hydrogen-bond donors (Lipinski definition) is 0. The lowest BCUT2D eigenvalue weighted by molar-refractivity contribution is 1.20. The van der Waals surface area contributed by atoms with Crippen LogP contribution in [0, 0.1) is 34.6 Å². The lowest BCUT2D eigenvalue weighted by Gasteiger charge is -2.15. The zero-order chi connectivity index (χ0) is 19.1. The molecule has 2 nitrogen and oxygen atoms in total. The van der Waals surface area contributed by atoms with Crippen LogP contribution < -0.4 is 0 Å². The van der Waals surface area contributed by atoms with Crippen molar-refractivity contribution >= 4 is 10.9 Å². The van der Waals surface area contributed by atoms with Crippen LogP contribution >= 0.6 is 0 Å². The number of aryl methyl sites for hydroxylation is 5. The standard InChI is InChI=1S/C25H24N2/c1-15-10-16(2)14-20(13-15)25-26-22-9-7-6-8-21(22)24(27-25)23-18(4)11-17(3)12-19(23)5/h6-14H,1-5H3. The van der Waals surface area contributed by atoms with Crippen molar-refractivity contribution in [3.63, 3.8) is 0 Å². The molecular weight excluding hydrogens is 328 g/mol. The largest absolute Gasteiger partial charge is 0.228 e. The molecule has 0 spiro atoms. The fraction of sp³-hybridized carbons (Fsp3) is 0.200. The summed E-state index contributed by atoms with van der Waals surface area (Å²) >= 11 is 0.